The van der Waals surface area contributed by atoms with Crippen molar-refractivity contribution in [1.82, 2.24) is 9.97 Å². The van der Waals surface area contributed by atoms with Crippen molar-refractivity contribution in [1.29, 1.82) is 0 Å². The predicted molar refractivity (Wildman–Crippen MR) is 45.6 cm³/mol. The normalized spacial score (nSPS) is 11.7. The molecule has 0 unspecified atom stereocenters. The molecule has 0 aliphatic carbocycles. The predicted octanol–water partition coefficient (Wildman–Crippen LogP) is 1.37. The maximum absolute atomic E-state index is 12.2. The van der Waals surface area contributed by atoms with Crippen molar-refractivity contribution < 1.29 is 13.9 Å². The second-order valence-electron chi connectivity index (χ2n) is 2.52. The number of hydrogen-bond acceptors (Lipinski definition) is 3. The largest absolute Gasteiger partial charge is 0.377 e. The van der Waals surface area contributed by atoms with Gasteiger partial charge in [-0.25, -0.2) is 18.7 Å². The summed E-state index contributed by atoms with van der Waals surface area (Å²) in [5, 5.41) is 9.30. The molecule has 1 N–H and O–H groups in total. The molecule has 0 atom stereocenters. The van der Waals surface area contributed by atoms with Crippen LogP contribution in [0.3, 0.4) is 0 Å². The molecule has 0 saturated heterocycles. The van der Waals surface area contributed by atoms with E-state index in [1.165, 1.54) is 12.4 Å². The lowest BCUT2D eigenvalue weighted by atomic mass is 10.1. The maximum atomic E-state index is 12.2. The van der Waals surface area contributed by atoms with E-state index in [1.807, 2.05) is 0 Å². The number of nitrogens with zero attached hydrogens (tertiary/aromatic N) is 2. The van der Waals surface area contributed by atoms with Gasteiger partial charge in [-0.1, -0.05) is 0 Å². The molecule has 1 rings (SSSR count). The van der Waals surface area contributed by atoms with Crippen LogP contribution in [-0.4, -0.2) is 28.4 Å². The van der Waals surface area contributed by atoms with Gasteiger partial charge in [-0.2, -0.15) is 0 Å². The van der Waals surface area contributed by atoms with Crippen LogP contribution in [0, 0.1) is 0 Å². The SMILES string of the molecule is OC(CF)(CF)c1ncc(Br)cn1. The smallest absolute Gasteiger partial charge is 0.180 e. The van der Waals surface area contributed by atoms with Crippen LogP contribution in [0.1, 0.15) is 5.82 Å². The van der Waals surface area contributed by atoms with Gasteiger partial charge in [0.2, 0.25) is 0 Å². The first-order chi connectivity index (χ1) is 6.12. The Morgan fingerprint density at radius 1 is 1.31 bits per heavy atom. The summed E-state index contributed by atoms with van der Waals surface area (Å²) in [6, 6.07) is 0. The Hall–Kier alpha value is -0.620. The average Bonchev–Trinajstić information content (AvgIpc) is 2.18. The number of aromatic nitrogens is 2. The highest BCUT2D eigenvalue weighted by Crippen LogP contribution is 2.19. The average molecular weight is 253 g/mol. The highest BCUT2D eigenvalue weighted by molar-refractivity contribution is 9.10. The van der Waals surface area contributed by atoms with Crippen LogP contribution >= 0.6 is 15.9 Å². The molecule has 1 heterocycles. The van der Waals surface area contributed by atoms with Crippen molar-refractivity contribution in [2.24, 2.45) is 0 Å². The van der Waals surface area contributed by atoms with Gasteiger partial charge < -0.3 is 5.11 Å². The highest BCUT2D eigenvalue weighted by atomic mass is 79.9. The molecule has 0 aliphatic heterocycles. The summed E-state index contributed by atoms with van der Waals surface area (Å²) in [7, 11) is 0. The fourth-order valence-electron chi connectivity index (χ4n) is 0.708. The molecular formula is C7H7BrF2N2O. The van der Waals surface area contributed by atoms with Crippen molar-refractivity contribution >= 4 is 15.9 Å². The molecule has 3 nitrogen and oxygen atoms in total. The molecule has 0 spiro atoms. The second kappa shape index (κ2) is 4.06. The summed E-state index contributed by atoms with van der Waals surface area (Å²) in [5.74, 6) is -0.249. The van der Waals surface area contributed by atoms with E-state index in [0.717, 1.165) is 0 Å². The third-order valence-corrected chi connectivity index (χ3v) is 1.89. The molecule has 72 valence electrons. The van der Waals surface area contributed by atoms with E-state index in [1.54, 1.807) is 0 Å². The molecule has 1 aromatic heterocycles. The molecule has 1 aromatic rings. The van der Waals surface area contributed by atoms with E-state index in [-0.39, 0.29) is 5.82 Å². The number of halogens is 3. The molecule has 0 saturated carbocycles. The van der Waals surface area contributed by atoms with Gasteiger partial charge in [0, 0.05) is 12.4 Å². The number of hydrogen-bond donors (Lipinski definition) is 1. The van der Waals surface area contributed by atoms with E-state index < -0.39 is 19.0 Å². The van der Waals surface area contributed by atoms with Crippen LogP contribution in [0.4, 0.5) is 8.78 Å². The quantitative estimate of drug-likeness (QED) is 0.884. The van der Waals surface area contributed by atoms with Gasteiger partial charge in [0.1, 0.15) is 13.3 Å². The van der Waals surface area contributed by atoms with E-state index in [2.05, 4.69) is 25.9 Å². The summed E-state index contributed by atoms with van der Waals surface area (Å²) in [6.45, 7) is -2.49. The van der Waals surface area contributed by atoms with Crippen molar-refractivity contribution in [3.05, 3.63) is 22.7 Å². The van der Waals surface area contributed by atoms with E-state index in [9.17, 15) is 13.9 Å². The molecule has 13 heavy (non-hydrogen) atoms. The van der Waals surface area contributed by atoms with Gasteiger partial charge in [0.15, 0.2) is 11.4 Å². The van der Waals surface area contributed by atoms with Gasteiger partial charge in [0.25, 0.3) is 0 Å². The fourth-order valence-corrected chi connectivity index (χ4v) is 0.913. The Labute approximate surface area is 82.0 Å². The molecule has 0 fully saturated rings. The van der Waals surface area contributed by atoms with Crippen molar-refractivity contribution in [2.45, 2.75) is 5.60 Å². The van der Waals surface area contributed by atoms with Crippen molar-refractivity contribution in [2.75, 3.05) is 13.3 Å². The van der Waals surface area contributed by atoms with Crippen LogP contribution in [0.2, 0.25) is 0 Å². The Bertz CT molecular complexity index is 276. The van der Waals surface area contributed by atoms with Crippen LogP contribution in [0.15, 0.2) is 16.9 Å². The molecule has 0 radical (unpaired) electrons. The zero-order chi connectivity index (χ0) is 9.90. The third-order valence-electron chi connectivity index (χ3n) is 1.48. The Kier molecular flexibility index (Phi) is 3.27. The van der Waals surface area contributed by atoms with Crippen LogP contribution in [-0.2, 0) is 5.60 Å². The Morgan fingerprint density at radius 2 is 1.77 bits per heavy atom. The molecule has 0 bridgehead atoms. The summed E-state index contributed by atoms with van der Waals surface area (Å²) < 4.78 is 25.1. The van der Waals surface area contributed by atoms with Gasteiger partial charge in [0.05, 0.1) is 4.47 Å². The minimum absolute atomic E-state index is 0.249. The first-order valence-corrected chi connectivity index (χ1v) is 4.24. The molecule has 6 heteroatoms. The first-order valence-electron chi connectivity index (χ1n) is 3.45. The van der Waals surface area contributed by atoms with Crippen LogP contribution in [0.5, 0.6) is 0 Å². The first kappa shape index (κ1) is 10.5. The minimum Gasteiger partial charge on any atom is -0.377 e. The Balaban J connectivity index is 2.99. The molecule has 0 amide bonds. The highest BCUT2D eigenvalue weighted by Gasteiger charge is 2.32. The maximum Gasteiger partial charge on any atom is 0.180 e. The lowest BCUT2D eigenvalue weighted by Crippen LogP contribution is -2.33. The van der Waals surface area contributed by atoms with Gasteiger partial charge in [-0.05, 0) is 15.9 Å². The topological polar surface area (TPSA) is 46.0 Å². The van der Waals surface area contributed by atoms with Gasteiger partial charge in [-0.3, -0.25) is 0 Å². The number of alkyl halides is 2. The standard InChI is InChI=1S/C7H7BrF2N2O/c8-5-1-11-6(12-2-5)7(13,3-9)4-10/h1-2,13H,3-4H2. The van der Waals surface area contributed by atoms with Crippen LogP contribution < -0.4 is 0 Å². The number of aliphatic hydroxyl groups is 1. The molecule has 0 aliphatic rings. The summed E-state index contributed by atoms with van der Waals surface area (Å²) in [6.07, 6.45) is 2.64. The Morgan fingerprint density at radius 3 is 2.15 bits per heavy atom. The van der Waals surface area contributed by atoms with E-state index >= 15 is 0 Å². The summed E-state index contributed by atoms with van der Waals surface area (Å²) >= 11 is 3.06. The summed E-state index contributed by atoms with van der Waals surface area (Å²) in [5.41, 5.74) is -2.21. The second-order valence-corrected chi connectivity index (χ2v) is 3.44. The number of rotatable bonds is 3. The van der Waals surface area contributed by atoms with E-state index in [0.29, 0.717) is 4.47 Å². The molecule has 0 aromatic carbocycles. The van der Waals surface area contributed by atoms with Gasteiger partial charge in [-0.15, -0.1) is 0 Å². The lowest BCUT2D eigenvalue weighted by Gasteiger charge is -2.18. The third kappa shape index (κ3) is 2.19. The van der Waals surface area contributed by atoms with Crippen molar-refractivity contribution in [3.63, 3.8) is 0 Å². The molecular weight excluding hydrogens is 246 g/mol. The van der Waals surface area contributed by atoms with Crippen molar-refractivity contribution in [3.8, 4) is 0 Å². The fraction of sp³-hybridized carbons (Fsp3) is 0.429. The lowest BCUT2D eigenvalue weighted by molar-refractivity contribution is -0.0188. The monoisotopic (exact) mass is 252 g/mol. The summed E-state index contributed by atoms with van der Waals surface area (Å²) in [4.78, 5) is 7.21. The zero-order valence-electron chi connectivity index (χ0n) is 6.54. The van der Waals surface area contributed by atoms with E-state index in [4.69, 9.17) is 0 Å². The minimum atomic E-state index is -2.21. The zero-order valence-corrected chi connectivity index (χ0v) is 8.13. The van der Waals surface area contributed by atoms with Crippen LogP contribution in [0.25, 0.3) is 0 Å². The van der Waals surface area contributed by atoms with Gasteiger partial charge >= 0.3 is 0 Å².